The lowest BCUT2D eigenvalue weighted by atomic mass is 10.1. The van der Waals surface area contributed by atoms with Crippen LogP contribution in [0, 0.1) is 5.92 Å². The molecule has 9 heteroatoms. The van der Waals surface area contributed by atoms with Gasteiger partial charge in [-0.25, -0.2) is 13.2 Å². The molecule has 0 N–H and O–H groups in total. The first-order chi connectivity index (χ1) is 15.6. The van der Waals surface area contributed by atoms with Crippen LogP contribution >= 0.6 is 11.6 Å². The average molecular weight is 494 g/mol. The Morgan fingerprint density at radius 2 is 1.82 bits per heavy atom. The molecule has 1 saturated heterocycles. The molecule has 3 rings (SSSR count). The van der Waals surface area contributed by atoms with Crippen molar-refractivity contribution < 1.29 is 27.5 Å². The first-order valence-electron chi connectivity index (χ1n) is 10.8. The second-order valence-electron chi connectivity index (χ2n) is 8.48. The van der Waals surface area contributed by atoms with Gasteiger partial charge >= 0.3 is 5.97 Å². The quantitative estimate of drug-likeness (QED) is 0.494. The predicted molar refractivity (Wildman–Crippen MR) is 126 cm³/mol. The van der Waals surface area contributed by atoms with E-state index in [-0.39, 0.29) is 29.6 Å². The zero-order chi connectivity index (χ0) is 24.0. The van der Waals surface area contributed by atoms with Gasteiger partial charge in [-0.15, -0.1) is 0 Å². The third kappa shape index (κ3) is 7.20. The molecule has 1 unspecified atom stereocenters. The lowest BCUT2D eigenvalue weighted by Gasteiger charge is -2.29. The normalized spacial score (nSPS) is 17.0. The highest BCUT2D eigenvalue weighted by molar-refractivity contribution is 7.91. The summed E-state index contributed by atoms with van der Waals surface area (Å²) in [5.74, 6) is -0.587. The van der Waals surface area contributed by atoms with E-state index in [0.29, 0.717) is 23.7 Å². The Labute approximate surface area is 199 Å². The number of nitrogens with zero attached hydrogens (tertiary/aromatic N) is 1. The fourth-order valence-electron chi connectivity index (χ4n) is 3.66. The average Bonchev–Trinajstić information content (AvgIpc) is 3.14. The maximum absolute atomic E-state index is 12.8. The van der Waals surface area contributed by atoms with E-state index in [0.717, 1.165) is 5.56 Å². The van der Waals surface area contributed by atoms with Crippen LogP contribution in [-0.2, 0) is 26.0 Å². The summed E-state index contributed by atoms with van der Waals surface area (Å²) in [5.41, 5.74) is 1.09. The van der Waals surface area contributed by atoms with E-state index in [1.807, 2.05) is 26.0 Å². The van der Waals surface area contributed by atoms with Gasteiger partial charge < -0.3 is 14.4 Å². The minimum Gasteiger partial charge on any atom is -0.488 e. The molecule has 2 aromatic rings. The molecular weight excluding hydrogens is 466 g/mol. The highest BCUT2D eigenvalue weighted by atomic mass is 35.5. The molecule has 1 aliphatic heterocycles. The van der Waals surface area contributed by atoms with Crippen LogP contribution in [0.15, 0.2) is 48.5 Å². The Morgan fingerprint density at radius 3 is 2.45 bits per heavy atom. The molecular formula is C24H28ClNO6S. The number of benzene rings is 2. The van der Waals surface area contributed by atoms with Crippen LogP contribution in [0.5, 0.6) is 5.75 Å². The molecule has 178 valence electrons. The molecule has 33 heavy (non-hydrogen) atoms. The fraction of sp³-hybridized carbons (Fsp3) is 0.417. The smallest absolute Gasteiger partial charge is 0.342 e. The third-order valence-corrected chi connectivity index (χ3v) is 7.27. The van der Waals surface area contributed by atoms with E-state index in [1.54, 1.807) is 36.4 Å². The summed E-state index contributed by atoms with van der Waals surface area (Å²) >= 11 is 5.90. The van der Waals surface area contributed by atoms with Gasteiger partial charge in [0.25, 0.3) is 5.91 Å². The van der Waals surface area contributed by atoms with Crippen LogP contribution in [0.4, 0.5) is 0 Å². The van der Waals surface area contributed by atoms with Gasteiger partial charge in [0.05, 0.1) is 11.5 Å². The van der Waals surface area contributed by atoms with Gasteiger partial charge in [0, 0.05) is 17.6 Å². The van der Waals surface area contributed by atoms with E-state index in [1.165, 1.54) is 4.90 Å². The number of rotatable bonds is 9. The minimum atomic E-state index is -3.15. The molecule has 2 aromatic carbocycles. The van der Waals surface area contributed by atoms with Crippen molar-refractivity contribution in [3.8, 4) is 5.75 Å². The van der Waals surface area contributed by atoms with Gasteiger partial charge in [0.1, 0.15) is 17.9 Å². The number of esters is 1. The number of para-hydroxylation sites is 1. The number of amides is 1. The van der Waals surface area contributed by atoms with Crippen molar-refractivity contribution in [3.05, 3.63) is 64.7 Å². The van der Waals surface area contributed by atoms with E-state index >= 15 is 0 Å². The molecule has 1 atom stereocenters. The van der Waals surface area contributed by atoms with Gasteiger partial charge in [-0.2, -0.15) is 0 Å². The Hall–Kier alpha value is -2.58. The summed E-state index contributed by atoms with van der Waals surface area (Å²) in [4.78, 5) is 27.1. The second kappa shape index (κ2) is 11.0. The molecule has 0 radical (unpaired) electrons. The molecule has 1 fully saturated rings. The number of carbonyl (C=O) groups excluding carboxylic acids is 2. The van der Waals surface area contributed by atoms with Gasteiger partial charge in [-0.1, -0.05) is 49.7 Å². The van der Waals surface area contributed by atoms with Crippen molar-refractivity contribution in [2.75, 3.05) is 24.7 Å². The van der Waals surface area contributed by atoms with Crippen LogP contribution in [0.25, 0.3) is 0 Å². The maximum atomic E-state index is 12.8. The second-order valence-corrected chi connectivity index (χ2v) is 11.1. The Morgan fingerprint density at radius 1 is 1.12 bits per heavy atom. The molecule has 0 spiro atoms. The standard InChI is InChI=1S/C24H28ClNO6S/c1-17(2)13-26(20-11-12-33(29,30)16-20)23(27)15-32-24(28)21-5-3-4-6-22(21)31-14-18-7-9-19(25)10-8-18/h3-10,17,20H,11-16H2,1-2H3. The summed E-state index contributed by atoms with van der Waals surface area (Å²) in [6.45, 7) is 4.07. The van der Waals surface area contributed by atoms with Crippen LogP contribution in [0.1, 0.15) is 36.2 Å². The van der Waals surface area contributed by atoms with Crippen LogP contribution < -0.4 is 4.74 Å². The van der Waals surface area contributed by atoms with E-state index in [4.69, 9.17) is 21.1 Å². The van der Waals surface area contributed by atoms with Crippen LogP contribution in [0.2, 0.25) is 5.02 Å². The van der Waals surface area contributed by atoms with Gasteiger partial charge in [-0.05, 0) is 42.2 Å². The first-order valence-corrected chi connectivity index (χ1v) is 13.0. The summed E-state index contributed by atoms with van der Waals surface area (Å²) < 4.78 is 34.8. The largest absolute Gasteiger partial charge is 0.488 e. The highest BCUT2D eigenvalue weighted by Crippen LogP contribution is 2.22. The number of sulfone groups is 1. The van der Waals surface area contributed by atoms with Crippen molar-refractivity contribution in [1.82, 2.24) is 4.90 Å². The molecule has 0 aliphatic carbocycles. The minimum absolute atomic E-state index is 0.0548. The summed E-state index contributed by atoms with van der Waals surface area (Å²) in [7, 11) is -3.15. The molecule has 0 bridgehead atoms. The number of halogens is 1. The third-order valence-electron chi connectivity index (χ3n) is 5.27. The number of hydrogen-bond acceptors (Lipinski definition) is 6. The summed E-state index contributed by atoms with van der Waals surface area (Å²) in [6, 6.07) is 13.4. The SMILES string of the molecule is CC(C)CN(C(=O)COC(=O)c1ccccc1OCc1ccc(Cl)cc1)C1CCS(=O)(=O)C1. The van der Waals surface area contributed by atoms with E-state index in [2.05, 4.69) is 0 Å². The Balaban J connectivity index is 1.63. The summed E-state index contributed by atoms with van der Waals surface area (Å²) in [5, 5.41) is 0.620. The van der Waals surface area contributed by atoms with E-state index < -0.39 is 34.4 Å². The van der Waals surface area contributed by atoms with Crippen molar-refractivity contribution in [2.24, 2.45) is 5.92 Å². The fourth-order valence-corrected chi connectivity index (χ4v) is 5.52. The van der Waals surface area contributed by atoms with Gasteiger partial charge in [-0.3, -0.25) is 4.79 Å². The van der Waals surface area contributed by atoms with Crippen LogP contribution in [-0.4, -0.2) is 55.9 Å². The number of hydrogen-bond donors (Lipinski definition) is 0. The molecule has 7 nitrogen and oxygen atoms in total. The molecule has 1 aliphatic rings. The monoisotopic (exact) mass is 493 g/mol. The van der Waals surface area contributed by atoms with Crippen molar-refractivity contribution in [2.45, 2.75) is 32.9 Å². The zero-order valence-corrected chi connectivity index (χ0v) is 20.3. The predicted octanol–water partition coefficient (Wildman–Crippen LogP) is 3.75. The molecule has 0 saturated carbocycles. The van der Waals surface area contributed by atoms with Crippen LogP contribution in [0.3, 0.4) is 0 Å². The van der Waals surface area contributed by atoms with Crippen molar-refractivity contribution in [1.29, 1.82) is 0 Å². The number of ether oxygens (including phenoxy) is 2. The number of carbonyl (C=O) groups is 2. The van der Waals surface area contributed by atoms with Gasteiger partial charge in [0.15, 0.2) is 16.4 Å². The first kappa shape index (κ1) is 25.1. The zero-order valence-electron chi connectivity index (χ0n) is 18.7. The Kier molecular flexibility index (Phi) is 8.37. The topological polar surface area (TPSA) is 90.0 Å². The van der Waals surface area contributed by atoms with E-state index in [9.17, 15) is 18.0 Å². The Bertz CT molecular complexity index is 1080. The molecule has 0 aromatic heterocycles. The lowest BCUT2D eigenvalue weighted by Crippen LogP contribution is -2.45. The van der Waals surface area contributed by atoms with Crippen molar-refractivity contribution in [3.63, 3.8) is 0 Å². The summed E-state index contributed by atoms with van der Waals surface area (Å²) in [6.07, 6.45) is 0.399. The van der Waals surface area contributed by atoms with Crippen molar-refractivity contribution >= 4 is 33.3 Å². The van der Waals surface area contributed by atoms with Gasteiger partial charge in [0.2, 0.25) is 0 Å². The highest BCUT2D eigenvalue weighted by Gasteiger charge is 2.35. The molecule has 1 heterocycles. The lowest BCUT2D eigenvalue weighted by molar-refractivity contribution is -0.137. The molecule has 1 amide bonds. The maximum Gasteiger partial charge on any atom is 0.342 e.